The van der Waals surface area contributed by atoms with Crippen LogP contribution in [0.1, 0.15) is 28.9 Å². The van der Waals surface area contributed by atoms with Crippen molar-refractivity contribution in [3.05, 3.63) is 88.5 Å². The highest BCUT2D eigenvalue weighted by molar-refractivity contribution is 6.07. The normalized spacial score (nSPS) is 12.2. The van der Waals surface area contributed by atoms with Crippen molar-refractivity contribution in [3.63, 3.8) is 0 Å². The number of rotatable bonds is 6. The summed E-state index contributed by atoms with van der Waals surface area (Å²) in [6, 6.07) is 17.0. The highest BCUT2D eigenvalue weighted by atomic mass is 16.5. The third-order valence-electron chi connectivity index (χ3n) is 5.30. The maximum Gasteiger partial charge on any atom is 0.260 e. The Balaban J connectivity index is 1.78. The van der Waals surface area contributed by atoms with E-state index in [0.29, 0.717) is 29.6 Å². The Morgan fingerprint density at radius 3 is 2.67 bits per heavy atom. The molecule has 0 aliphatic heterocycles. The first-order valence-corrected chi connectivity index (χ1v) is 9.85. The lowest BCUT2D eigenvalue weighted by Gasteiger charge is -2.16. The van der Waals surface area contributed by atoms with Gasteiger partial charge in [-0.1, -0.05) is 36.4 Å². The minimum atomic E-state index is -0.186. The SMILES string of the molecule is COCCn1c(=O)c2cnccc2c2ccc(C(=O)N[C@@H](C)c3ccccc3)cc21. The molecule has 1 atom stereocenters. The van der Waals surface area contributed by atoms with Gasteiger partial charge in [-0.2, -0.15) is 0 Å². The van der Waals surface area contributed by atoms with Crippen molar-refractivity contribution >= 4 is 27.6 Å². The predicted molar refractivity (Wildman–Crippen MR) is 118 cm³/mol. The van der Waals surface area contributed by atoms with Gasteiger partial charge >= 0.3 is 0 Å². The van der Waals surface area contributed by atoms with Gasteiger partial charge in [0, 0.05) is 37.0 Å². The summed E-state index contributed by atoms with van der Waals surface area (Å²) in [6.45, 7) is 2.73. The summed E-state index contributed by atoms with van der Waals surface area (Å²) in [7, 11) is 1.60. The van der Waals surface area contributed by atoms with E-state index >= 15 is 0 Å². The fourth-order valence-corrected chi connectivity index (χ4v) is 3.69. The van der Waals surface area contributed by atoms with Gasteiger partial charge in [-0.3, -0.25) is 14.6 Å². The molecule has 0 fully saturated rings. The molecule has 1 amide bonds. The molecular weight excluding hydrogens is 378 g/mol. The van der Waals surface area contributed by atoms with E-state index in [0.717, 1.165) is 16.3 Å². The maximum absolute atomic E-state index is 13.1. The van der Waals surface area contributed by atoms with Gasteiger partial charge in [0.05, 0.1) is 23.6 Å². The number of nitrogens with one attached hydrogen (secondary N) is 1. The number of ether oxygens (including phenoxy) is 1. The number of aromatic nitrogens is 2. The Morgan fingerprint density at radius 1 is 1.10 bits per heavy atom. The second-order valence-electron chi connectivity index (χ2n) is 7.21. The van der Waals surface area contributed by atoms with Crippen LogP contribution >= 0.6 is 0 Å². The van der Waals surface area contributed by atoms with E-state index in [-0.39, 0.29) is 17.5 Å². The predicted octanol–water partition coefficient (Wildman–Crippen LogP) is 3.69. The zero-order valence-electron chi connectivity index (χ0n) is 17.0. The van der Waals surface area contributed by atoms with Crippen molar-refractivity contribution in [1.29, 1.82) is 0 Å². The molecule has 4 aromatic rings. The number of pyridine rings is 2. The first kappa shape index (κ1) is 19.8. The molecule has 0 bridgehead atoms. The monoisotopic (exact) mass is 401 g/mol. The van der Waals surface area contributed by atoms with Crippen molar-refractivity contribution in [2.24, 2.45) is 0 Å². The zero-order valence-corrected chi connectivity index (χ0v) is 17.0. The molecule has 4 rings (SSSR count). The van der Waals surface area contributed by atoms with Gasteiger partial charge in [0.15, 0.2) is 0 Å². The average Bonchev–Trinajstić information content (AvgIpc) is 2.79. The van der Waals surface area contributed by atoms with E-state index in [1.807, 2.05) is 49.4 Å². The molecule has 6 nitrogen and oxygen atoms in total. The molecular formula is C24H23N3O3. The van der Waals surface area contributed by atoms with Gasteiger partial charge in [-0.05, 0) is 36.1 Å². The Morgan fingerprint density at radius 2 is 1.90 bits per heavy atom. The molecule has 2 heterocycles. The van der Waals surface area contributed by atoms with Gasteiger partial charge in [0.25, 0.3) is 11.5 Å². The van der Waals surface area contributed by atoms with Crippen LogP contribution < -0.4 is 10.9 Å². The first-order valence-electron chi connectivity index (χ1n) is 9.85. The third-order valence-corrected chi connectivity index (χ3v) is 5.30. The van der Waals surface area contributed by atoms with Crippen LogP contribution in [-0.2, 0) is 11.3 Å². The number of nitrogens with zero attached hydrogens (tertiary/aromatic N) is 2. The minimum Gasteiger partial charge on any atom is -0.383 e. The summed E-state index contributed by atoms with van der Waals surface area (Å²) in [5.41, 5.74) is 2.10. The molecule has 152 valence electrons. The van der Waals surface area contributed by atoms with E-state index in [4.69, 9.17) is 4.74 Å². The number of hydrogen-bond acceptors (Lipinski definition) is 4. The van der Waals surface area contributed by atoms with E-state index in [2.05, 4.69) is 10.3 Å². The van der Waals surface area contributed by atoms with Crippen molar-refractivity contribution in [2.75, 3.05) is 13.7 Å². The van der Waals surface area contributed by atoms with Crippen LogP contribution in [0.25, 0.3) is 21.7 Å². The topological polar surface area (TPSA) is 73.2 Å². The van der Waals surface area contributed by atoms with Crippen molar-refractivity contribution in [3.8, 4) is 0 Å². The number of hydrogen-bond donors (Lipinski definition) is 1. The van der Waals surface area contributed by atoms with Crippen LogP contribution in [0.4, 0.5) is 0 Å². The van der Waals surface area contributed by atoms with Crippen molar-refractivity contribution in [1.82, 2.24) is 14.9 Å². The molecule has 2 aromatic carbocycles. The van der Waals surface area contributed by atoms with Gasteiger partial charge in [-0.25, -0.2) is 0 Å². The molecule has 6 heteroatoms. The lowest BCUT2D eigenvalue weighted by molar-refractivity contribution is 0.0940. The lowest BCUT2D eigenvalue weighted by atomic mass is 10.0. The molecule has 0 aliphatic carbocycles. The Kier molecular flexibility index (Phi) is 5.59. The highest BCUT2D eigenvalue weighted by Crippen LogP contribution is 2.24. The Hall–Kier alpha value is -3.51. The van der Waals surface area contributed by atoms with Gasteiger partial charge < -0.3 is 14.6 Å². The molecule has 0 spiro atoms. The van der Waals surface area contributed by atoms with E-state index < -0.39 is 0 Å². The molecule has 0 aliphatic rings. The van der Waals surface area contributed by atoms with Gasteiger partial charge in [-0.15, -0.1) is 0 Å². The van der Waals surface area contributed by atoms with Crippen LogP contribution in [0, 0.1) is 0 Å². The molecule has 1 N–H and O–H groups in total. The third kappa shape index (κ3) is 3.69. The van der Waals surface area contributed by atoms with Crippen LogP contribution in [0.3, 0.4) is 0 Å². The Bertz CT molecular complexity index is 1270. The van der Waals surface area contributed by atoms with Crippen molar-refractivity contribution < 1.29 is 9.53 Å². The Labute approximate surface area is 174 Å². The number of methoxy groups -OCH3 is 1. The average molecular weight is 401 g/mol. The summed E-state index contributed by atoms with van der Waals surface area (Å²) in [5.74, 6) is -0.186. The number of amides is 1. The summed E-state index contributed by atoms with van der Waals surface area (Å²) < 4.78 is 6.84. The number of fused-ring (bicyclic) bond motifs is 3. The largest absolute Gasteiger partial charge is 0.383 e. The number of benzene rings is 2. The second kappa shape index (κ2) is 8.47. The van der Waals surface area contributed by atoms with E-state index in [1.165, 1.54) is 0 Å². The zero-order chi connectivity index (χ0) is 21.1. The van der Waals surface area contributed by atoms with Gasteiger partial charge in [0.2, 0.25) is 0 Å². The summed E-state index contributed by atoms with van der Waals surface area (Å²) in [4.78, 5) is 30.1. The van der Waals surface area contributed by atoms with Crippen molar-refractivity contribution in [2.45, 2.75) is 19.5 Å². The highest BCUT2D eigenvalue weighted by Gasteiger charge is 2.15. The number of carbonyl (C=O) groups is 1. The van der Waals surface area contributed by atoms with Gasteiger partial charge in [0.1, 0.15) is 0 Å². The molecule has 0 saturated carbocycles. The quantitative estimate of drug-likeness (QED) is 0.500. The van der Waals surface area contributed by atoms with E-state index in [1.54, 1.807) is 36.2 Å². The molecule has 30 heavy (non-hydrogen) atoms. The smallest absolute Gasteiger partial charge is 0.260 e. The van der Waals surface area contributed by atoms with Crippen LogP contribution in [-0.4, -0.2) is 29.2 Å². The first-order chi connectivity index (χ1) is 14.6. The van der Waals surface area contributed by atoms with E-state index in [9.17, 15) is 9.59 Å². The molecule has 0 saturated heterocycles. The minimum absolute atomic E-state index is 0.132. The summed E-state index contributed by atoms with van der Waals surface area (Å²) in [5, 5.41) is 5.30. The molecule has 0 unspecified atom stereocenters. The standard InChI is InChI=1S/C24H23N3O3/c1-16(17-6-4-3-5-7-17)26-23(28)18-8-9-20-19-10-11-25-15-21(19)24(29)27(12-13-30-2)22(20)14-18/h3-11,14-16H,12-13H2,1-2H3,(H,26,28)/t16-/m0/s1. The fraction of sp³-hybridized carbons (Fsp3) is 0.208. The molecule has 2 aromatic heterocycles. The molecule has 0 radical (unpaired) electrons. The van der Waals surface area contributed by atoms with Crippen LogP contribution in [0.15, 0.2) is 71.8 Å². The fourth-order valence-electron chi connectivity index (χ4n) is 3.69. The summed E-state index contributed by atoms with van der Waals surface area (Å²) in [6.07, 6.45) is 3.26. The summed E-state index contributed by atoms with van der Waals surface area (Å²) >= 11 is 0. The lowest BCUT2D eigenvalue weighted by Crippen LogP contribution is -2.27. The maximum atomic E-state index is 13.1. The van der Waals surface area contributed by atoms with Crippen LogP contribution in [0.5, 0.6) is 0 Å². The number of carbonyl (C=O) groups excluding carboxylic acids is 1. The van der Waals surface area contributed by atoms with Crippen LogP contribution in [0.2, 0.25) is 0 Å². The second-order valence-corrected chi connectivity index (χ2v) is 7.21.